The summed E-state index contributed by atoms with van der Waals surface area (Å²) in [5.74, 6) is -0.308. The van der Waals surface area contributed by atoms with Crippen molar-refractivity contribution >= 4 is 31.8 Å². The van der Waals surface area contributed by atoms with Gasteiger partial charge < -0.3 is 9.15 Å². The Balaban J connectivity index is 1.39. The lowest BCUT2D eigenvalue weighted by Crippen LogP contribution is -2.40. The molecule has 0 radical (unpaired) electrons. The minimum absolute atomic E-state index is 0.0907. The molecule has 1 amide bonds. The standard InChI is InChI=1S/C21H22N4O7S2/c1-33(27,28)17-6-2-15(3-7-17)14-19-23-24-21(32-19)22-20(26)16-4-8-18(9-5-16)34(29,30)25-10-12-31-13-11-25/h2-9H,10-14H2,1H3,(H,22,24,26). The molecule has 0 bridgehead atoms. The van der Waals surface area contributed by atoms with Crippen LogP contribution in [0.15, 0.2) is 62.7 Å². The van der Waals surface area contributed by atoms with E-state index in [1.807, 2.05) is 0 Å². The first-order valence-corrected chi connectivity index (χ1v) is 13.6. The van der Waals surface area contributed by atoms with Crippen LogP contribution in [-0.4, -0.2) is 69.8 Å². The second-order valence-corrected chi connectivity index (χ2v) is 11.5. The molecule has 0 unspecified atom stereocenters. The molecule has 1 N–H and O–H groups in total. The number of rotatable bonds is 7. The van der Waals surface area contributed by atoms with E-state index in [9.17, 15) is 21.6 Å². The van der Waals surface area contributed by atoms with E-state index < -0.39 is 25.8 Å². The number of morpholine rings is 1. The Morgan fingerprint density at radius 3 is 2.18 bits per heavy atom. The molecular formula is C21H22N4O7S2. The largest absolute Gasteiger partial charge is 0.407 e. The first-order valence-electron chi connectivity index (χ1n) is 10.2. The third-order valence-corrected chi connectivity index (χ3v) is 8.16. The minimum Gasteiger partial charge on any atom is -0.407 e. The summed E-state index contributed by atoms with van der Waals surface area (Å²) in [6.45, 7) is 1.26. The van der Waals surface area contributed by atoms with E-state index in [1.54, 1.807) is 12.1 Å². The number of anilines is 1. The van der Waals surface area contributed by atoms with Crippen molar-refractivity contribution < 1.29 is 30.8 Å². The van der Waals surface area contributed by atoms with Crippen molar-refractivity contribution in [3.63, 3.8) is 0 Å². The number of carbonyl (C=O) groups is 1. The zero-order valence-electron chi connectivity index (χ0n) is 18.2. The zero-order chi connectivity index (χ0) is 24.3. The maximum absolute atomic E-state index is 12.7. The van der Waals surface area contributed by atoms with Crippen LogP contribution >= 0.6 is 0 Å². The highest BCUT2D eigenvalue weighted by Crippen LogP contribution is 2.19. The fourth-order valence-electron chi connectivity index (χ4n) is 3.29. The molecule has 3 aromatic rings. The van der Waals surface area contributed by atoms with Crippen molar-refractivity contribution in [2.75, 3.05) is 37.9 Å². The van der Waals surface area contributed by atoms with Gasteiger partial charge in [-0.3, -0.25) is 10.1 Å². The van der Waals surface area contributed by atoms with E-state index in [0.29, 0.717) is 13.2 Å². The summed E-state index contributed by atoms with van der Waals surface area (Å²) >= 11 is 0. The van der Waals surface area contributed by atoms with Crippen LogP contribution in [0.2, 0.25) is 0 Å². The van der Waals surface area contributed by atoms with Crippen LogP contribution in [0, 0.1) is 0 Å². The maximum atomic E-state index is 12.7. The molecule has 13 heteroatoms. The molecule has 1 aliphatic rings. The summed E-state index contributed by atoms with van der Waals surface area (Å²) in [6, 6.07) is 11.7. The second-order valence-electron chi connectivity index (χ2n) is 7.59. The fraction of sp³-hybridized carbons (Fsp3) is 0.286. The average molecular weight is 507 g/mol. The number of nitrogens with one attached hydrogen (secondary N) is 1. The monoisotopic (exact) mass is 506 g/mol. The van der Waals surface area contributed by atoms with Crippen LogP contribution in [0.5, 0.6) is 0 Å². The molecule has 1 fully saturated rings. The van der Waals surface area contributed by atoms with Gasteiger partial charge in [0.15, 0.2) is 9.84 Å². The predicted octanol–water partition coefficient (Wildman–Crippen LogP) is 1.34. The SMILES string of the molecule is CS(=O)(=O)c1ccc(Cc2nnc(NC(=O)c3ccc(S(=O)(=O)N4CCOCC4)cc3)o2)cc1. The van der Waals surface area contributed by atoms with Crippen LogP contribution in [0.25, 0.3) is 0 Å². The van der Waals surface area contributed by atoms with E-state index in [1.165, 1.54) is 40.7 Å². The minimum atomic E-state index is -3.65. The number of hydrogen-bond donors (Lipinski definition) is 1. The number of amides is 1. The topological polar surface area (TPSA) is 149 Å². The van der Waals surface area contributed by atoms with Gasteiger partial charge in [0, 0.05) is 24.9 Å². The van der Waals surface area contributed by atoms with Gasteiger partial charge in [0.25, 0.3) is 5.91 Å². The van der Waals surface area contributed by atoms with Gasteiger partial charge >= 0.3 is 6.01 Å². The van der Waals surface area contributed by atoms with Crippen molar-refractivity contribution in [3.8, 4) is 0 Å². The van der Waals surface area contributed by atoms with Gasteiger partial charge in [0.1, 0.15) is 0 Å². The van der Waals surface area contributed by atoms with E-state index in [4.69, 9.17) is 9.15 Å². The summed E-state index contributed by atoms with van der Waals surface area (Å²) in [5, 5.41) is 10.2. The molecule has 0 aliphatic carbocycles. The summed E-state index contributed by atoms with van der Waals surface area (Å²) in [6.07, 6.45) is 1.38. The second kappa shape index (κ2) is 9.62. The lowest BCUT2D eigenvalue weighted by atomic mass is 10.1. The first kappa shape index (κ1) is 24.0. The smallest absolute Gasteiger partial charge is 0.322 e. The molecule has 1 saturated heterocycles. The van der Waals surface area contributed by atoms with Gasteiger partial charge in [0.05, 0.1) is 29.4 Å². The zero-order valence-corrected chi connectivity index (χ0v) is 19.8. The van der Waals surface area contributed by atoms with Crippen LogP contribution < -0.4 is 5.32 Å². The van der Waals surface area contributed by atoms with Crippen LogP contribution in [0.1, 0.15) is 21.8 Å². The molecular weight excluding hydrogens is 484 g/mol. The summed E-state index contributed by atoms with van der Waals surface area (Å²) < 4.78 is 60.5. The Labute approximate surface area is 196 Å². The van der Waals surface area contributed by atoms with Crippen molar-refractivity contribution in [3.05, 3.63) is 65.5 Å². The lowest BCUT2D eigenvalue weighted by molar-refractivity contribution is 0.0730. The third-order valence-electron chi connectivity index (χ3n) is 5.12. The van der Waals surface area contributed by atoms with Gasteiger partial charge in [-0.2, -0.15) is 4.31 Å². The fourth-order valence-corrected chi connectivity index (χ4v) is 5.33. The van der Waals surface area contributed by atoms with Crippen LogP contribution in [0.3, 0.4) is 0 Å². The molecule has 1 aromatic heterocycles. The number of carbonyl (C=O) groups excluding carboxylic acids is 1. The molecule has 0 spiro atoms. The predicted molar refractivity (Wildman–Crippen MR) is 121 cm³/mol. The highest BCUT2D eigenvalue weighted by atomic mass is 32.2. The number of nitrogens with zero attached hydrogens (tertiary/aromatic N) is 3. The number of aromatic nitrogens is 2. The molecule has 4 rings (SSSR count). The Hall–Kier alpha value is -3.13. The Bertz CT molecular complexity index is 1380. The normalized spacial score (nSPS) is 15.2. The molecule has 2 heterocycles. The number of hydrogen-bond acceptors (Lipinski definition) is 9. The van der Waals surface area contributed by atoms with Crippen molar-refractivity contribution in [1.82, 2.24) is 14.5 Å². The Morgan fingerprint density at radius 1 is 0.941 bits per heavy atom. The van der Waals surface area contributed by atoms with E-state index in [2.05, 4.69) is 15.5 Å². The number of benzene rings is 2. The first-order chi connectivity index (χ1) is 16.1. The number of ether oxygens (including phenoxy) is 1. The molecule has 0 atom stereocenters. The third kappa shape index (κ3) is 5.50. The van der Waals surface area contributed by atoms with Crippen LogP contribution in [-0.2, 0) is 31.0 Å². The number of sulfone groups is 1. The highest BCUT2D eigenvalue weighted by molar-refractivity contribution is 7.90. The van der Waals surface area contributed by atoms with Gasteiger partial charge in [-0.15, -0.1) is 5.10 Å². The average Bonchev–Trinajstić information content (AvgIpc) is 3.26. The van der Waals surface area contributed by atoms with Crippen LogP contribution in [0.4, 0.5) is 6.01 Å². The molecule has 1 aliphatic heterocycles. The molecule has 180 valence electrons. The van der Waals surface area contributed by atoms with E-state index in [-0.39, 0.29) is 46.8 Å². The summed E-state index contributed by atoms with van der Waals surface area (Å²) in [5.41, 5.74) is 0.975. The van der Waals surface area contributed by atoms with E-state index in [0.717, 1.165) is 11.8 Å². The molecule has 11 nitrogen and oxygen atoms in total. The van der Waals surface area contributed by atoms with Gasteiger partial charge in [-0.25, -0.2) is 16.8 Å². The van der Waals surface area contributed by atoms with Gasteiger partial charge in [-0.1, -0.05) is 17.2 Å². The Kier molecular flexibility index (Phi) is 6.79. The van der Waals surface area contributed by atoms with Crippen molar-refractivity contribution in [2.45, 2.75) is 16.2 Å². The molecule has 34 heavy (non-hydrogen) atoms. The maximum Gasteiger partial charge on any atom is 0.322 e. The van der Waals surface area contributed by atoms with Gasteiger partial charge in [0.2, 0.25) is 15.9 Å². The lowest BCUT2D eigenvalue weighted by Gasteiger charge is -2.26. The van der Waals surface area contributed by atoms with Crippen molar-refractivity contribution in [1.29, 1.82) is 0 Å². The van der Waals surface area contributed by atoms with Gasteiger partial charge in [-0.05, 0) is 42.0 Å². The molecule has 2 aromatic carbocycles. The van der Waals surface area contributed by atoms with E-state index >= 15 is 0 Å². The Morgan fingerprint density at radius 2 is 1.56 bits per heavy atom. The molecule has 0 saturated carbocycles. The summed E-state index contributed by atoms with van der Waals surface area (Å²) in [7, 11) is -6.94. The van der Waals surface area contributed by atoms with Crippen molar-refractivity contribution in [2.24, 2.45) is 0 Å². The number of sulfonamides is 1. The summed E-state index contributed by atoms with van der Waals surface area (Å²) in [4.78, 5) is 12.8. The highest BCUT2D eigenvalue weighted by Gasteiger charge is 2.26. The quantitative estimate of drug-likeness (QED) is 0.501.